The van der Waals surface area contributed by atoms with E-state index in [0.717, 1.165) is 11.1 Å². The van der Waals surface area contributed by atoms with Crippen LogP contribution in [0, 0.1) is 6.92 Å². The molecule has 0 aliphatic carbocycles. The Hall–Kier alpha value is -3.28. The molecular formula is C18H14N2O4. The molecule has 4 rings (SSSR count). The summed E-state index contributed by atoms with van der Waals surface area (Å²) in [5, 5.41) is 6.58. The van der Waals surface area contributed by atoms with Crippen molar-refractivity contribution in [1.29, 1.82) is 0 Å². The van der Waals surface area contributed by atoms with Gasteiger partial charge in [-0.15, -0.1) is 0 Å². The van der Waals surface area contributed by atoms with Crippen molar-refractivity contribution in [3.05, 3.63) is 59.8 Å². The van der Waals surface area contributed by atoms with Crippen molar-refractivity contribution in [2.24, 2.45) is 0 Å². The molecule has 0 spiro atoms. The predicted octanol–water partition coefficient (Wildman–Crippen LogP) is 3.63. The Balaban J connectivity index is 1.59. The van der Waals surface area contributed by atoms with Crippen LogP contribution in [-0.4, -0.2) is 17.9 Å². The SMILES string of the molecule is Cc1ccc(-c2oncc2C(=O)Nc2ccc3c(c2)OCO3)cc1. The second-order valence-electron chi connectivity index (χ2n) is 5.46. The molecule has 0 unspecified atom stereocenters. The molecule has 0 fully saturated rings. The number of ether oxygens (including phenoxy) is 2. The van der Waals surface area contributed by atoms with Crippen LogP contribution >= 0.6 is 0 Å². The Bertz CT molecular complexity index is 900. The molecule has 120 valence electrons. The Morgan fingerprint density at radius 3 is 2.71 bits per heavy atom. The number of benzene rings is 2. The number of carbonyl (C=O) groups is 1. The highest BCUT2D eigenvalue weighted by molar-refractivity contribution is 6.07. The first-order valence-corrected chi connectivity index (χ1v) is 7.43. The fraction of sp³-hybridized carbons (Fsp3) is 0.111. The van der Waals surface area contributed by atoms with E-state index in [0.29, 0.717) is 28.5 Å². The number of anilines is 1. The van der Waals surface area contributed by atoms with E-state index in [-0.39, 0.29) is 12.7 Å². The number of nitrogens with one attached hydrogen (secondary N) is 1. The molecular weight excluding hydrogens is 308 g/mol. The normalized spacial score (nSPS) is 12.2. The van der Waals surface area contributed by atoms with Gasteiger partial charge in [0.1, 0.15) is 5.56 Å². The Morgan fingerprint density at radius 2 is 1.88 bits per heavy atom. The minimum atomic E-state index is -0.300. The molecule has 0 bridgehead atoms. The zero-order valence-corrected chi connectivity index (χ0v) is 12.9. The molecule has 2 heterocycles. The van der Waals surface area contributed by atoms with Crippen LogP contribution in [0.2, 0.25) is 0 Å². The molecule has 24 heavy (non-hydrogen) atoms. The molecule has 3 aromatic rings. The van der Waals surface area contributed by atoms with Crippen molar-refractivity contribution in [3.63, 3.8) is 0 Å². The second-order valence-corrected chi connectivity index (χ2v) is 5.46. The lowest BCUT2D eigenvalue weighted by atomic mass is 10.1. The number of fused-ring (bicyclic) bond motifs is 1. The van der Waals surface area contributed by atoms with Crippen molar-refractivity contribution < 1.29 is 18.8 Å². The van der Waals surface area contributed by atoms with E-state index < -0.39 is 0 Å². The van der Waals surface area contributed by atoms with Crippen molar-refractivity contribution in [2.75, 3.05) is 12.1 Å². The molecule has 0 saturated heterocycles. The first-order valence-electron chi connectivity index (χ1n) is 7.43. The number of aromatic nitrogens is 1. The highest BCUT2D eigenvalue weighted by Gasteiger charge is 2.19. The van der Waals surface area contributed by atoms with Gasteiger partial charge in [-0.25, -0.2) is 0 Å². The highest BCUT2D eigenvalue weighted by atomic mass is 16.7. The average Bonchev–Trinajstić information content (AvgIpc) is 3.24. The maximum Gasteiger partial charge on any atom is 0.261 e. The van der Waals surface area contributed by atoms with Gasteiger partial charge in [0.25, 0.3) is 5.91 Å². The van der Waals surface area contributed by atoms with Crippen LogP contribution in [0.5, 0.6) is 11.5 Å². The number of hydrogen-bond acceptors (Lipinski definition) is 5. The van der Waals surface area contributed by atoms with E-state index in [1.54, 1.807) is 18.2 Å². The lowest BCUT2D eigenvalue weighted by Crippen LogP contribution is -2.12. The van der Waals surface area contributed by atoms with Crippen LogP contribution in [0.4, 0.5) is 5.69 Å². The first-order chi connectivity index (χ1) is 11.7. The fourth-order valence-corrected chi connectivity index (χ4v) is 2.49. The van der Waals surface area contributed by atoms with Crippen molar-refractivity contribution in [1.82, 2.24) is 5.16 Å². The van der Waals surface area contributed by atoms with Gasteiger partial charge in [0.2, 0.25) is 6.79 Å². The molecule has 1 aliphatic rings. The number of rotatable bonds is 3. The third-order valence-corrected chi connectivity index (χ3v) is 3.76. The number of carbonyl (C=O) groups excluding carboxylic acids is 1. The standard InChI is InChI=1S/C18H14N2O4/c1-11-2-4-12(5-3-11)17-14(9-19-24-17)18(21)20-13-6-7-15-16(8-13)23-10-22-15/h2-9H,10H2,1H3,(H,20,21). The van der Waals surface area contributed by atoms with Crippen molar-refractivity contribution in [3.8, 4) is 22.8 Å². The third kappa shape index (κ3) is 2.58. The second kappa shape index (κ2) is 5.73. The van der Waals surface area contributed by atoms with Crippen LogP contribution in [0.3, 0.4) is 0 Å². The average molecular weight is 322 g/mol. The molecule has 1 N–H and O–H groups in total. The Kier molecular flexibility index (Phi) is 3.42. The summed E-state index contributed by atoms with van der Waals surface area (Å²) < 4.78 is 15.8. The summed E-state index contributed by atoms with van der Waals surface area (Å²) in [4.78, 5) is 12.6. The Labute approximate surface area is 138 Å². The molecule has 1 aliphatic heterocycles. The number of nitrogens with zero attached hydrogens (tertiary/aromatic N) is 1. The maximum absolute atomic E-state index is 12.6. The topological polar surface area (TPSA) is 73.6 Å². The monoisotopic (exact) mass is 322 g/mol. The maximum atomic E-state index is 12.6. The zero-order chi connectivity index (χ0) is 16.5. The summed E-state index contributed by atoms with van der Waals surface area (Å²) in [5.41, 5.74) is 2.91. The highest BCUT2D eigenvalue weighted by Crippen LogP contribution is 2.34. The molecule has 1 amide bonds. The van der Waals surface area contributed by atoms with Gasteiger partial charge in [-0.3, -0.25) is 4.79 Å². The van der Waals surface area contributed by atoms with Crippen LogP contribution in [0.15, 0.2) is 53.2 Å². The number of aryl methyl sites for hydroxylation is 1. The van der Waals surface area contributed by atoms with E-state index in [1.165, 1.54) is 6.20 Å². The predicted molar refractivity (Wildman–Crippen MR) is 87.2 cm³/mol. The largest absolute Gasteiger partial charge is 0.454 e. The van der Waals surface area contributed by atoms with Gasteiger partial charge in [0.15, 0.2) is 17.3 Å². The summed E-state index contributed by atoms with van der Waals surface area (Å²) in [5.74, 6) is 1.41. The van der Waals surface area contributed by atoms with Crippen LogP contribution < -0.4 is 14.8 Å². The van der Waals surface area contributed by atoms with Gasteiger partial charge in [0.05, 0.1) is 6.20 Å². The molecule has 6 heteroatoms. The quantitative estimate of drug-likeness (QED) is 0.797. The van der Waals surface area contributed by atoms with Gasteiger partial charge in [0, 0.05) is 17.3 Å². The van der Waals surface area contributed by atoms with Gasteiger partial charge in [-0.05, 0) is 19.1 Å². The van der Waals surface area contributed by atoms with Crippen LogP contribution in [0.25, 0.3) is 11.3 Å². The van der Waals surface area contributed by atoms with Crippen molar-refractivity contribution >= 4 is 11.6 Å². The lowest BCUT2D eigenvalue weighted by molar-refractivity contribution is 0.102. The van der Waals surface area contributed by atoms with Gasteiger partial charge in [-0.1, -0.05) is 35.0 Å². The summed E-state index contributed by atoms with van der Waals surface area (Å²) >= 11 is 0. The summed E-state index contributed by atoms with van der Waals surface area (Å²) in [6.07, 6.45) is 1.41. The van der Waals surface area contributed by atoms with Gasteiger partial charge < -0.3 is 19.3 Å². The number of hydrogen-bond donors (Lipinski definition) is 1. The van der Waals surface area contributed by atoms with E-state index in [9.17, 15) is 4.79 Å². The lowest BCUT2D eigenvalue weighted by Gasteiger charge is -2.06. The molecule has 0 radical (unpaired) electrons. The minimum Gasteiger partial charge on any atom is -0.454 e. The van der Waals surface area contributed by atoms with E-state index in [1.807, 2.05) is 31.2 Å². The van der Waals surface area contributed by atoms with Gasteiger partial charge >= 0.3 is 0 Å². The van der Waals surface area contributed by atoms with Crippen LogP contribution in [0.1, 0.15) is 15.9 Å². The smallest absolute Gasteiger partial charge is 0.261 e. The summed E-state index contributed by atoms with van der Waals surface area (Å²) in [6, 6.07) is 12.9. The minimum absolute atomic E-state index is 0.190. The molecule has 6 nitrogen and oxygen atoms in total. The molecule has 1 aromatic heterocycles. The Morgan fingerprint density at radius 1 is 1.08 bits per heavy atom. The number of amides is 1. The van der Waals surface area contributed by atoms with E-state index >= 15 is 0 Å². The fourth-order valence-electron chi connectivity index (χ4n) is 2.49. The first kappa shape index (κ1) is 14.3. The van der Waals surface area contributed by atoms with Crippen LogP contribution in [-0.2, 0) is 0 Å². The summed E-state index contributed by atoms with van der Waals surface area (Å²) in [7, 11) is 0. The summed E-state index contributed by atoms with van der Waals surface area (Å²) in [6.45, 7) is 2.19. The third-order valence-electron chi connectivity index (χ3n) is 3.76. The molecule has 0 atom stereocenters. The van der Waals surface area contributed by atoms with E-state index in [4.69, 9.17) is 14.0 Å². The van der Waals surface area contributed by atoms with Crippen molar-refractivity contribution in [2.45, 2.75) is 6.92 Å². The molecule has 0 saturated carbocycles. The zero-order valence-electron chi connectivity index (χ0n) is 12.9. The van der Waals surface area contributed by atoms with Gasteiger partial charge in [-0.2, -0.15) is 0 Å². The van der Waals surface area contributed by atoms with E-state index in [2.05, 4.69) is 10.5 Å². The molecule has 2 aromatic carbocycles.